The molecule has 0 aliphatic carbocycles. The highest BCUT2D eigenvalue weighted by atomic mass is 32.2. The van der Waals surface area contributed by atoms with Gasteiger partial charge in [-0.2, -0.15) is 13.2 Å². The molecule has 1 N–H and O–H groups in total. The van der Waals surface area contributed by atoms with Crippen LogP contribution in [0.15, 0.2) is 47.9 Å². The van der Waals surface area contributed by atoms with Gasteiger partial charge in [0.25, 0.3) is 0 Å². The van der Waals surface area contributed by atoms with Gasteiger partial charge in [-0.3, -0.25) is 14.5 Å². The standard InChI is InChI=1S/C16H13F3N4O2S/c17-16(18,19)12-8-13(24)22-10-4-1-2-5-11(10)23(12)14(25)9-26-15-20-6-3-7-21-15/h1-7,12H,8-9H2,(H,22,24)/t12-/m0/s1. The number of aromatic nitrogens is 2. The Morgan fingerprint density at radius 2 is 1.92 bits per heavy atom. The van der Waals surface area contributed by atoms with Gasteiger partial charge in [0.1, 0.15) is 6.04 Å². The molecule has 2 amide bonds. The molecule has 0 saturated carbocycles. The van der Waals surface area contributed by atoms with Crippen LogP contribution in [-0.2, 0) is 9.59 Å². The Morgan fingerprint density at radius 3 is 2.62 bits per heavy atom. The molecule has 0 spiro atoms. The average Bonchev–Trinajstić information content (AvgIpc) is 2.76. The van der Waals surface area contributed by atoms with Crippen molar-refractivity contribution in [2.75, 3.05) is 16.0 Å². The molecular formula is C16H13F3N4O2S. The Labute approximate surface area is 150 Å². The van der Waals surface area contributed by atoms with Crippen LogP contribution in [0.3, 0.4) is 0 Å². The van der Waals surface area contributed by atoms with Crippen molar-refractivity contribution >= 4 is 35.0 Å². The Hall–Kier alpha value is -2.62. The number of para-hydroxylation sites is 2. The van der Waals surface area contributed by atoms with Crippen molar-refractivity contribution in [1.82, 2.24) is 9.97 Å². The van der Waals surface area contributed by atoms with Crippen molar-refractivity contribution in [3.05, 3.63) is 42.7 Å². The molecule has 0 radical (unpaired) electrons. The van der Waals surface area contributed by atoms with Gasteiger partial charge in [-0.15, -0.1) is 0 Å². The third kappa shape index (κ3) is 3.96. The minimum Gasteiger partial charge on any atom is -0.324 e. The quantitative estimate of drug-likeness (QED) is 0.653. The number of amides is 2. The molecule has 26 heavy (non-hydrogen) atoms. The summed E-state index contributed by atoms with van der Waals surface area (Å²) in [5.41, 5.74) is 0.179. The summed E-state index contributed by atoms with van der Waals surface area (Å²) in [6, 6.07) is 5.27. The lowest BCUT2D eigenvalue weighted by Gasteiger charge is -2.31. The van der Waals surface area contributed by atoms with Crippen LogP contribution < -0.4 is 10.2 Å². The lowest BCUT2D eigenvalue weighted by molar-refractivity contribution is -0.157. The second-order valence-corrected chi connectivity index (χ2v) is 6.35. The molecule has 1 aliphatic heterocycles. The fraction of sp³-hybridized carbons (Fsp3) is 0.250. The normalized spacial score (nSPS) is 17.3. The minimum absolute atomic E-state index is 0.0141. The summed E-state index contributed by atoms with van der Waals surface area (Å²) >= 11 is 0.931. The molecule has 3 rings (SSSR count). The van der Waals surface area contributed by atoms with Gasteiger partial charge < -0.3 is 5.32 Å². The molecule has 0 saturated heterocycles. The number of thioether (sulfide) groups is 1. The van der Waals surface area contributed by atoms with Crippen molar-refractivity contribution in [3.8, 4) is 0 Å². The van der Waals surface area contributed by atoms with E-state index in [1.807, 2.05) is 0 Å². The molecule has 136 valence electrons. The molecule has 2 aromatic rings. The van der Waals surface area contributed by atoms with Crippen molar-refractivity contribution in [1.29, 1.82) is 0 Å². The van der Waals surface area contributed by atoms with Gasteiger partial charge in [0, 0.05) is 12.4 Å². The van der Waals surface area contributed by atoms with E-state index in [1.165, 1.54) is 30.6 Å². The predicted octanol–water partition coefficient (Wildman–Crippen LogP) is 2.88. The lowest BCUT2D eigenvalue weighted by Crippen LogP contribution is -2.50. The number of anilines is 2. The zero-order valence-electron chi connectivity index (χ0n) is 13.2. The van der Waals surface area contributed by atoms with Crippen LogP contribution >= 0.6 is 11.8 Å². The number of nitrogens with zero attached hydrogens (tertiary/aromatic N) is 3. The molecule has 0 unspecified atom stereocenters. The van der Waals surface area contributed by atoms with Gasteiger partial charge in [-0.25, -0.2) is 9.97 Å². The number of rotatable bonds is 3. The molecule has 0 fully saturated rings. The maximum atomic E-state index is 13.6. The number of fused-ring (bicyclic) bond motifs is 1. The Bertz CT molecular complexity index is 817. The third-order valence-electron chi connectivity index (χ3n) is 3.64. The first kappa shape index (κ1) is 18.2. The fourth-order valence-corrected chi connectivity index (χ4v) is 3.21. The van der Waals surface area contributed by atoms with Crippen LogP contribution in [0, 0.1) is 0 Å². The number of benzene rings is 1. The number of carbonyl (C=O) groups excluding carboxylic acids is 2. The van der Waals surface area contributed by atoms with Gasteiger partial charge in [-0.05, 0) is 18.2 Å². The number of hydrogen-bond acceptors (Lipinski definition) is 5. The van der Waals surface area contributed by atoms with Crippen LogP contribution in [0.25, 0.3) is 0 Å². The summed E-state index contributed by atoms with van der Waals surface area (Å²) in [6.07, 6.45) is -2.67. The summed E-state index contributed by atoms with van der Waals surface area (Å²) in [7, 11) is 0. The van der Waals surface area contributed by atoms with E-state index in [2.05, 4.69) is 15.3 Å². The minimum atomic E-state index is -4.75. The van der Waals surface area contributed by atoms with Gasteiger partial charge in [0.15, 0.2) is 5.16 Å². The van der Waals surface area contributed by atoms with Crippen molar-refractivity contribution in [2.24, 2.45) is 0 Å². The Kier molecular flexibility index (Phi) is 5.12. The van der Waals surface area contributed by atoms with Crippen molar-refractivity contribution in [2.45, 2.75) is 23.8 Å². The number of hydrogen-bond donors (Lipinski definition) is 1. The van der Waals surface area contributed by atoms with E-state index < -0.39 is 30.5 Å². The smallest absolute Gasteiger partial charge is 0.324 e. The Balaban J connectivity index is 1.93. The van der Waals surface area contributed by atoms with Gasteiger partial charge in [-0.1, -0.05) is 23.9 Å². The largest absolute Gasteiger partial charge is 0.409 e. The highest BCUT2D eigenvalue weighted by Crippen LogP contribution is 2.38. The van der Waals surface area contributed by atoms with Crippen molar-refractivity contribution in [3.63, 3.8) is 0 Å². The van der Waals surface area contributed by atoms with E-state index >= 15 is 0 Å². The molecule has 2 heterocycles. The SMILES string of the molecule is O=C1C[C@@H](C(F)(F)F)N(C(=O)CSc2ncccn2)c2ccccc2N1. The van der Waals surface area contributed by atoms with E-state index in [1.54, 1.807) is 12.1 Å². The van der Waals surface area contributed by atoms with E-state index in [0.29, 0.717) is 4.90 Å². The molecule has 1 atom stereocenters. The molecule has 1 aromatic heterocycles. The Morgan fingerprint density at radius 1 is 1.23 bits per heavy atom. The predicted molar refractivity (Wildman–Crippen MR) is 89.8 cm³/mol. The summed E-state index contributed by atoms with van der Waals surface area (Å²) in [4.78, 5) is 33.0. The number of nitrogens with one attached hydrogen (secondary N) is 1. The maximum absolute atomic E-state index is 13.6. The number of alkyl halides is 3. The first-order chi connectivity index (χ1) is 12.4. The topological polar surface area (TPSA) is 75.2 Å². The summed E-state index contributed by atoms with van der Waals surface area (Å²) in [5, 5.41) is 2.70. The first-order valence-electron chi connectivity index (χ1n) is 7.54. The van der Waals surface area contributed by atoms with Crippen molar-refractivity contribution < 1.29 is 22.8 Å². The lowest BCUT2D eigenvalue weighted by atomic mass is 10.1. The maximum Gasteiger partial charge on any atom is 0.409 e. The zero-order valence-corrected chi connectivity index (χ0v) is 14.0. The summed E-state index contributed by atoms with van der Waals surface area (Å²) in [6.45, 7) is 0. The highest BCUT2D eigenvalue weighted by molar-refractivity contribution is 7.99. The first-order valence-corrected chi connectivity index (χ1v) is 8.52. The molecule has 1 aromatic carbocycles. The van der Waals surface area contributed by atoms with E-state index in [-0.39, 0.29) is 22.3 Å². The second-order valence-electron chi connectivity index (χ2n) is 5.41. The molecular weight excluding hydrogens is 369 g/mol. The second kappa shape index (κ2) is 7.32. The number of carbonyl (C=O) groups is 2. The van der Waals surface area contributed by atoms with Crippen LogP contribution in [0.4, 0.5) is 24.5 Å². The fourth-order valence-electron chi connectivity index (χ4n) is 2.55. The van der Waals surface area contributed by atoms with E-state index in [0.717, 1.165) is 11.8 Å². The van der Waals surface area contributed by atoms with Crippen LogP contribution in [0.1, 0.15) is 6.42 Å². The van der Waals surface area contributed by atoms with Crippen LogP contribution in [-0.4, -0.2) is 39.8 Å². The number of halogens is 3. The zero-order chi connectivity index (χ0) is 18.7. The van der Waals surface area contributed by atoms with Gasteiger partial charge in [0.2, 0.25) is 11.8 Å². The monoisotopic (exact) mass is 382 g/mol. The third-order valence-corrected chi connectivity index (χ3v) is 4.50. The van der Waals surface area contributed by atoms with Gasteiger partial charge in [0.05, 0.1) is 23.5 Å². The molecule has 1 aliphatic rings. The molecule has 6 nitrogen and oxygen atoms in total. The summed E-state index contributed by atoms with van der Waals surface area (Å²) in [5.74, 6) is -1.87. The van der Waals surface area contributed by atoms with E-state index in [9.17, 15) is 22.8 Å². The van der Waals surface area contributed by atoms with E-state index in [4.69, 9.17) is 0 Å². The summed E-state index contributed by atoms with van der Waals surface area (Å²) < 4.78 is 40.7. The average molecular weight is 382 g/mol. The molecule has 0 bridgehead atoms. The van der Waals surface area contributed by atoms with Gasteiger partial charge >= 0.3 is 6.18 Å². The highest BCUT2D eigenvalue weighted by Gasteiger charge is 2.48. The van der Waals surface area contributed by atoms with Crippen LogP contribution in [0.5, 0.6) is 0 Å². The van der Waals surface area contributed by atoms with Crippen LogP contribution in [0.2, 0.25) is 0 Å². The molecule has 10 heteroatoms.